The molecule has 1 atom stereocenters. The fourth-order valence-electron chi connectivity index (χ4n) is 2.30. The first kappa shape index (κ1) is 14.2. The molecule has 0 radical (unpaired) electrons. The zero-order chi connectivity index (χ0) is 14.0. The molecule has 8 heteroatoms. The highest BCUT2D eigenvalue weighted by molar-refractivity contribution is 7.89. The summed E-state index contributed by atoms with van der Waals surface area (Å²) in [5.74, 6) is 0.0608. The van der Waals surface area contributed by atoms with E-state index in [1.807, 2.05) is 4.90 Å². The Kier molecular flexibility index (Phi) is 4.08. The molecule has 1 N–H and O–H groups in total. The van der Waals surface area contributed by atoms with Gasteiger partial charge in [0.25, 0.3) is 0 Å². The van der Waals surface area contributed by atoms with Crippen molar-refractivity contribution >= 4 is 26.6 Å². The van der Waals surface area contributed by atoms with Crippen LogP contribution in [0.2, 0.25) is 0 Å². The van der Waals surface area contributed by atoms with Crippen LogP contribution in [0.3, 0.4) is 0 Å². The minimum atomic E-state index is -3.25. The third kappa shape index (κ3) is 2.88. The van der Waals surface area contributed by atoms with Gasteiger partial charge < -0.3 is 4.90 Å². The Bertz CT molecular complexity index is 603. The molecule has 1 saturated heterocycles. The first-order valence-electron chi connectivity index (χ1n) is 6.02. The van der Waals surface area contributed by atoms with Gasteiger partial charge in [-0.05, 0) is 38.3 Å². The number of rotatable bonds is 4. The van der Waals surface area contributed by atoms with Gasteiger partial charge in [0.05, 0.1) is 11.4 Å². The molecule has 1 aliphatic heterocycles. The maximum atomic E-state index is 11.7. The Labute approximate surface area is 117 Å². The van der Waals surface area contributed by atoms with Gasteiger partial charge in [-0.15, -0.1) is 0 Å². The zero-order valence-corrected chi connectivity index (χ0v) is 12.5. The Balaban J connectivity index is 2.27. The SMILES string of the molecule is CNS(=O)(=O)CC1CCCN1c1snc(C)c1C#N. The number of aromatic nitrogens is 1. The molecule has 0 aromatic carbocycles. The van der Waals surface area contributed by atoms with Crippen LogP contribution in [0.1, 0.15) is 24.1 Å². The average molecular weight is 300 g/mol. The van der Waals surface area contributed by atoms with Crippen LogP contribution in [0, 0.1) is 18.3 Å². The van der Waals surface area contributed by atoms with Gasteiger partial charge in [0.1, 0.15) is 16.6 Å². The summed E-state index contributed by atoms with van der Waals surface area (Å²) in [5.41, 5.74) is 1.28. The van der Waals surface area contributed by atoms with E-state index in [-0.39, 0.29) is 11.8 Å². The van der Waals surface area contributed by atoms with Gasteiger partial charge in [0, 0.05) is 12.6 Å². The molecule has 6 nitrogen and oxygen atoms in total. The lowest BCUT2D eigenvalue weighted by molar-refractivity contribution is 0.578. The van der Waals surface area contributed by atoms with E-state index in [9.17, 15) is 13.7 Å². The molecule has 104 valence electrons. The first-order valence-corrected chi connectivity index (χ1v) is 8.45. The number of nitrogens with zero attached hydrogens (tertiary/aromatic N) is 3. The highest BCUT2D eigenvalue weighted by Gasteiger charge is 2.31. The Hall–Kier alpha value is -1.17. The lowest BCUT2D eigenvalue weighted by Gasteiger charge is -2.24. The highest BCUT2D eigenvalue weighted by Crippen LogP contribution is 2.33. The molecule has 1 aromatic rings. The monoisotopic (exact) mass is 300 g/mol. The van der Waals surface area contributed by atoms with Crippen molar-refractivity contribution in [1.29, 1.82) is 5.26 Å². The Morgan fingerprint density at radius 3 is 3.00 bits per heavy atom. The summed E-state index contributed by atoms with van der Waals surface area (Å²) < 4.78 is 29.9. The van der Waals surface area contributed by atoms with E-state index in [0.717, 1.165) is 24.4 Å². The zero-order valence-electron chi connectivity index (χ0n) is 10.9. The van der Waals surface area contributed by atoms with E-state index in [1.165, 1.54) is 18.6 Å². The average Bonchev–Trinajstić information content (AvgIpc) is 2.95. The quantitative estimate of drug-likeness (QED) is 0.890. The van der Waals surface area contributed by atoms with Crippen LogP contribution >= 0.6 is 11.5 Å². The maximum Gasteiger partial charge on any atom is 0.213 e. The predicted molar refractivity (Wildman–Crippen MR) is 74.8 cm³/mol. The smallest absolute Gasteiger partial charge is 0.213 e. The molecule has 0 bridgehead atoms. The second-order valence-corrected chi connectivity index (χ2v) is 7.26. The number of hydrogen-bond acceptors (Lipinski definition) is 6. The van der Waals surface area contributed by atoms with Crippen molar-refractivity contribution in [1.82, 2.24) is 9.10 Å². The van der Waals surface area contributed by atoms with Crippen LogP contribution in [0.15, 0.2) is 0 Å². The third-order valence-electron chi connectivity index (χ3n) is 3.32. The second kappa shape index (κ2) is 5.45. The summed E-state index contributed by atoms with van der Waals surface area (Å²) in [4.78, 5) is 2.01. The van der Waals surface area contributed by atoms with Crippen LogP contribution in [-0.2, 0) is 10.0 Å². The topological polar surface area (TPSA) is 86.1 Å². The largest absolute Gasteiger partial charge is 0.357 e. The van der Waals surface area contributed by atoms with E-state index in [1.54, 1.807) is 6.92 Å². The van der Waals surface area contributed by atoms with Crippen molar-refractivity contribution in [2.24, 2.45) is 0 Å². The number of aryl methyl sites for hydroxylation is 1. The third-order valence-corrected chi connectivity index (χ3v) is 5.74. The number of hydrogen-bond donors (Lipinski definition) is 1. The number of anilines is 1. The molecular weight excluding hydrogens is 284 g/mol. The van der Waals surface area contributed by atoms with Gasteiger partial charge in [-0.2, -0.15) is 9.64 Å². The number of nitrogens with one attached hydrogen (secondary N) is 1. The predicted octanol–water partition coefficient (Wildman–Crippen LogP) is 0.841. The fourth-order valence-corrected chi connectivity index (χ4v) is 4.26. The lowest BCUT2D eigenvalue weighted by Crippen LogP contribution is -2.38. The van der Waals surface area contributed by atoms with Crippen molar-refractivity contribution in [3.8, 4) is 6.07 Å². The molecule has 0 saturated carbocycles. The molecule has 0 aliphatic carbocycles. The minimum Gasteiger partial charge on any atom is -0.357 e. The lowest BCUT2D eigenvalue weighted by atomic mass is 10.2. The van der Waals surface area contributed by atoms with Gasteiger partial charge in [0.15, 0.2) is 0 Å². The summed E-state index contributed by atoms with van der Waals surface area (Å²) >= 11 is 1.27. The summed E-state index contributed by atoms with van der Waals surface area (Å²) in [6.45, 7) is 2.58. The summed E-state index contributed by atoms with van der Waals surface area (Å²) in [7, 11) is -1.82. The molecular formula is C11H16N4O2S2. The maximum absolute atomic E-state index is 11.7. The molecule has 1 fully saturated rings. The van der Waals surface area contributed by atoms with Gasteiger partial charge in [0.2, 0.25) is 10.0 Å². The molecule has 0 spiro atoms. The molecule has 1 aromatic heterocycles. The second-order valence-electron chi connectivity index (χ2n) is 4.53. The standard InChI is InChI=1S/C11H16N4O2S2/c1-8-10(6-12)11(18-14-8)15-5-3-4-9(15)7-19(16,17)13-2/h9,13H,3-5,7H2,1-2H3. The van der Waals surface area contributed by atoms with E-state index < -0.39 is 10.0 Å². The Morgan fingerprint density at radius 1 is 1.63 bits per heavy atom. The van der Waals surface area contributed by atoms with Crippen LogP contribution in [0.5, 0.6) is 0 Å². The van der Waals surface area contributed by atoms with E-state index in [2.05, 4.69) is 15.2 Å². The van der Waals surface area contributed by atoms with Crippen LogP contribution in [0.25, 0.3) is 0 Å². The molecule has 1 unspecified atom stereocenters. The van der Waals surface area contributed by atoms with Gasteiger partial charge in [-0.25, -0.2) is 13.1 Å². The van der Waals surface area contributed by atoms with Crippen LogP contribution in [-0.4, -0.2) is 38.2 Å². The minimum absolute atomic E-state index is 0.0608. The molecule has 19 heavy (non-hydrogen) atoms. The summed E-state index contributed by atoms with van der Waals surface area (Å²) in [6.07, 6.45) is 1.76. The molecule has 1 aliphatic rings. The van der Waals surface area contributed by atoms with Crippen molar-refractivity contribution < 1.29 is 8.42 Å². The van der Waals surface area contributed by atoms with Crippen molar-refractivity contribution in [3.05, 3.63) is 11.3 Å². The van der Waals surface area contributed by atoms with Gasteiger partial charge in [-0.1, -0.05) is 0 Å². The molecule has 0 amide bonds. The first-order chi connectivity index (χ1) is 8.98. The van der Waals surface area contributed by atoms with Crippen molar-refractivity contribution in [3.63, 3.8) is 0 Å². The van der Waals surface area contributed by atoms with Crippen molar-refractivity contribution in [2.75, 3.05) is 24.2 Å². The van der Waals surface area contributed by atoms with E-state index in [4.69, 9.17) is 0 Å². The van der Waals surface area contributed by atoms with Gasteiger partial charge in [-0.3, -0.25) is 0 Å². The summed E-state index contributed by atoms with van der Waals surface area (Å²) in [5, 5.41) is 9.97. The summed E-state index contributed by atoms with van der Waals surface area (Å²) in [6, 6.07) is 2.08. The number of nitriles is 1. The highest BCUT2D eigenvalue weighted by atomic mass is 32.2. The van der Waals surface area contributed by atoms with E-state index in [0.29, 0.717) is 11.3 Å². The van der Waals surface area contributed by atoms with Crippen molar-refractivity contribution in [2.45, 2.75) is 25.8 Å². The van der Waals surface area contributed by atoms with E-state index >= 15 is 0 Å². The molecule has 2 heterocycles. The normalized spacial score (nSPS) is 19.6. The Morgan fingerprint density at radius 2 is 2.37 bits per heavy atom. The van der Waals surface area contributed by atoms with Crippen LogP contribution < -0.4 is 9.62 Å². The fraction of sp³-hybridized carbons (Fsp3) is 0.636. The number of sulfonamides is 1. The van der Waals surface area contributed by atoms with Gasteiger partial charge >= 0.3 is 0 Å². The van der Waals surface area contributed by atoms with Crippen LogP contribution in [0.4, 0.5) is 5.00 Å². The molecule has 2 rings (SSSR count).